The summed E-state index contributed by atoms with van der Waals surface area (Å²) >= 11 is 10.5. The molecule has 33 heavy (non-hydrogen) atoms. The first-order valence-electron chi connectivity index (χ1n) is 9.77. The fraction of sp³-hybridized carbons (Fsp3) is 0.227. The van der Waals surface area contributed by atoms with Crippen molar-refractivity contribution in [2.75, 3.05) is 20.0 Å². The summed E-state index contributed by atoms with van der Waals surface area (Å²) in [6, 6.07) is 8.39. The van der Waals surface area contributed by atoms with Gasteiger partial charge in [-0.1, -0.05) is 27.5 Å². The molecule has 0 aliphatic carbocycles. The molecule has 172 valence electrons. The number of hydrogen-bond donors (Lipinski definition) is 0. The fourth-order valence-corrected chi connectivity index (χ4v) is 4.55. The molecule has 1 fully saturated rings. The molecule has 0 aromatic heterocycles. The van der Waals surface area contributed by atoms with E-state index >= 15 is 0 Å². The van der Waals surface area contributed by atoms with Crippen LogP contribution in [0, 0.1) is 0 Å². The Balaban J connectivity index is 1.55. The standard InChI is InChI=1S/C22H17BrClNO7S/c1-2-29-20(26)10-30-16-4-3-14(23)5-12(16)7-19-21(27)25(22(28)33-19)9-13-6-17-18(8-15(13)24)32-11-31-17/h3-8H,2,9-11H2,1H3/b19-7-. The maximum atomic E-state index is 13.0. The Kier molecular flexibility index (Phi) is 7.16. The molecule has 4 rings (SSSR count). The molecule has 0 N–H and O–H groups in total. The second kappa shape index (κ2) is 10.1. The van der Waals surface area contributed by atoms with Gasteiger partial charge in [0.25, 0.3) is 11.1 Å². The van der Waals surface area contributed by atoms with Crippen LogP contribution in [-0.2, 0) is 20.9 Å². The van der Waals surface area contributed by atoms with Crippen LogP contribution >= 0.6 is 39.3 Å². The first-order valence-corrected chi connectivity index (χ1v) is 11.8. The summed E-state index contributed by atoms with van der Waals surface area (Å²) in [5.41, 5.74) is 1.09. The van der Waals surface area contributed by atoms with Gasteiger partial charge in [-0.15, -0.1) is 0 Å². The molecule has 0 radical (unpaired) electrons. The van der Waals surface area contributed by atoms with Gasteiger partial charge >= 0.3 is 5.97 Å². The van der Waals surface area contributed by atoms with Crippen molar-refractivity contribution >= 4 is 62.5 Å². The number of thioether (sulfide) groups is 1. The average Bonchev–Trinajstić information content (AvgIpc) is 3.32. The number of benzene rings is 2. The van der Waals surface area contributed by atoms with E-state index in [0.717, 1.165) is 21.1 Å². The highest BCUT2D eigenvalue weighted by molar-refractivity contribution is 9.10. The Labute approximate surface area is 206 Å². The van der Waals surface area contributed by atoms with Crippen molar-refractivity contribution in [3.63, 3.8) is 0 Å². The van der Waals surface area contributed by atoms with Gasteiger partial charge in [-0.2, -0.15) is 0 Å². The van der Waals surface area contributed by atoms with E-state index in [0.29, 0.717) is 33.4 Å². The number of fused-ring (bicyclic) bond motifs is 1. The summed E-state index contributed by atoms with van der Waals surface area (Å²) in [4.78, 5) is 38.6. The van der Waals surface area contributed by atoms with Crippen molar-refractivity contribution in [1.82, 2.24) is 4.90 Å². The monoisotopic (exact) mass is 553 g/mol. The van der Waals surface area contributed by atoms with Crippen molar-refractivity contribution in [1.29, 1.82) is 0 Å². The number of imide groups is 1. The van der Waals surface area contributed by atoms with Crippen LogP contribution < -0.4 is 14.2 Å². The second-order valence-electron chi connectivity index (χ2n) is 6.84. The molecule has 0 saturated carbocycles. The van der Waals surface area contributed by atoms with Crippen LogP contribution in [0.25, 0.3) is 6.08 Å². The van der Waals surface area contributed by atoms with E-state index < -0.39 is 17.1 Å². The summed E-state index contributed by atoms with van der Waals surface area (Å²) in [6.45, 7) is 1.75. The first-order chi connectivity index (χ1) is 15.9. The number of carbonyl (C=O) groups excluding carboxylic acids is 3. The maximum absolute atomic E-state index is 13.0. The number of rotatable bonds is 7. The van der Waals surface area contributed by atoms with E-state index in [4.69, 9.17) is 30.5 Å². The molecule has 0 bridgehead atoms. The molecule has 2 amide bonds. The quantitative estimate of drug-likeness (QED) is 0.348. The van der Waals surface area contributed by atoms with Crippen molar-refractivity contribution in [2.24, 2.45) is 0 Å². The Bertz CT molecular complexity index is 1170. The van der Waals surface area contributed by atoms with Crippen LogP contribution in [0.3, 0.4) is 0 Å². The van der Waals surface area contributed by atoms with Crippen LogP contribution in [0.1, 0.15) is 18.1 Å². The zero-order chi connectivity index (χ0) is 23.5. The third kappa shape index (κ3) is 5.29. The van der Waals surface area contributed by atoms with Gasteiger partial charge in [0.15, 0.2) is 18.1 Å². The highest BCUT2D eigenvalue weighted by Gasteiger charge is 2.36. The number of nitrogens with zero attached hydrogens (tertiary/aromatic N) is 1. The minimum Gasteiger partial charge on any atom is -0.481 e. The lowest BCUT2D eigenvalue weighted by Crippen LogP contribution is -2.27. The Morgan fingerprint density at radius 1 is 1.24 bits per heavy atom. The molecule has 0 unspecified atom stereocenters. The number of amides is 2. The SMILES string of the molecule is CCOC(=O)COc1ccc(Br)cc1/C=C1\SC(=O)N(Cc2cc3c(cc2Cl)OCO3)C1=O. The lowest BCUT2D eigenvalue weighted by Gasteiger charge is -2.14. The van der Waals surface area contributed by atoms with Crippen molar-refractivity contribution < 1.29 is 33.3 Å². The molecular formula is C22H17BrClNO7S. The minimum absolute atomic E-state index is 0.0117. The fourth-order valence-electron chi connectivity index (χ4n) is 3.13. The van der Waals surface area contributed by atoms with E-state index in [-0.39, 0.29) is 31.5 Å². The highest BCUT2D eigenvalue weighted by atomic mass is 79.9. The maximum Gasteiger partial charge on any atom is 0.344 e. The largest absolute Gasteiger partial charge is 0.481 e. The summed E-state index contributed by atoms with van der Waals surface area (Å²) in [6.07, 6.45) is 1.55. The van der Waals surface area contributed by atoms with Crippen molar-refractivity contribution in [2.45, 2.75) is 13.5 Å². The Morgan fingerprint density at radius 2 is 2.00 bits per heavy atom. The van der Waals surface area contributed by atoms with Gasteiger partial charge in [-0.25, -0.2) is 4.79 Å². The molecular weight excluding hydrogens is 538 g/mol. The third-order valence-corrected chi connectivity index (χ3v) is 6.41. The van der Waals surface area contributed by atoms with Crippen molar-refractivity contribution in [3.05, 3.63) is 55.9 Å². The zero-order valence-corrected chi connectivity index (χ0v) is 20.4. The molecule has 0 atom stereocenters. The van der Waals surface area contributed by atoms with Gasteiger partial charge in [0.1, 0.15) is 5.75 Å². The molecule has 2 aromatic rings. The number of ether oxygens (including phenoxy) is 4. The second-order valence-corrected chi connectivity index (χ2v) is 9.16. The third-order valence-electron chi connectivity index (χ3n) is 4.65. The highest BCUT2D eigenvalue weighted by Crippen LogP contribution is 2.40. The molecule has 0 spiro atoms. The molecule has 2 aliphatic heterocycles. The summed E-state index contributed by atoms with van der Waals surface area (Å²) in [5.74, 6) is 0.427. The predicted octanol–water partition coefficient (Wildman–Crippen LogP) is 5.01. The van der Waals surface area contributed by atoms with Crippen LogP contribution in [0.2, 0.25) is 5.02 Å². The van der Waals surface area contributed by atoms with Crippen LogP contribution in [-0.4, -0.2) is 42.0 Å². The Morgan fingerprint density at radius 3 is 2.76 bits per heavy atom. The van der Waals surface area contributed by atoms with Gasteiger partial charge in [0.05, 0.1) is 18.1 Å². The molecule has 1 saturated heterocycles. The van der Waals surface area contributed by atoms with E-state index in [2.05, 4.69) is 15.9 Å². The van der Waals surface area contributed by atoms with Gasteiger partial charge < -0.3 is 18.9 Å². The molecule has 8 nitrogen and oxygen atoms in total. The van der Waals surface area contributed by atoms with E-state index in [1.165, 1.54) is 0 Å². The molecule has 2 aliphatic rings. The van der Waals surface area contributed by atoms with E-state index in [9.17, 15) is 14.4 Å². The number of esters is 1. The molecule has 2 heterocycles. The van der Waals surface area contributed by atoms with Gasteiger partial charge in [0.2, 0.25) is 6.79 Å². The van der Waals surface area contributed by atoms with Gasteiger partial charge in [-0.05, 0) is 54.6 Å². The normalized spacial score (nSPS) is 16.0. The summed E-state index contributed by atoms with van der Waals surface area (Å²) in [7, 11) is 0. The van der Waals surface area contributed by atoms with Crippen LogP contribution in [0.15, 0.2) is 39.7 Å². The average molecular weight is 555 g/mol. The van der Waals surface area contributed by atoms with E-state index in [1.54, 1.807) is 43.3 Å². The van der Waals surface area contributed by atoms with Crippen LogP contribution in [0.4, 0.5) is 4.79 Å². The number of halogens is 2. The lowest BCUT2D eigenvalue weighted by atomic mass is 10.1. The van der Waals surface area contributed by atoms with Gasteiger partial charge in [-0.3, -0.25) is 14.5 Å². The smallest absolute Gasteiger partial charge is 0.344 e. The minimum atomic E-state index is -0.507. The molecule has 2 aromatic carbocycles. The topological polar surface area (TPSA) is 91.4 Å². The van der Waals surface area contributed by atoms with Gasteiger partial charge in [0, 0.05) is 21.1 Å². The number of carbonyl (C=O) groups is 3. The Hall–Kier alpha value is -2.69. The lowest BCUT2D eigenvalue weighted by molar-refractivity contribution is -0.145. The predicted molar refractivity (Wildman–Crippen MR) is 125 cm³/mol. The molecule has 11 heteroatoms. The zero-order valence-electron chi connectivity index (χ0n) is 17.3. The summed E-state index contributed by atoms with van der Waals surface area (Å²) in [5, 5.41) is -0.0621. The summed E-state index contributed by atoms with van der Waals surface area (Å²) < 4.78 is 21.8. The number of hydrogen-bond acceptors (Lipinski definition) is 8. The first kappa shape index (κ1) is 23.5. The van der Waals surface area contributed by atoms with Crippen LogP contribution in [0.5, 0.6) is 17.2 Å². The van der Waals surface area contributed by atoms with E-state index in [1.807, 2.05) is 0 Å². The van der Waals surface area contributed by atoms with Crippen molar-refractivity contribution in [3.8, 4) is 17.2 Å².